The van der Waals surface area contributed by atoms with Crippen LogP contribution in [0.4, 0.5) is 0 Å². The zero-order valence-corrected chi connectivity index (χ0v) is 8.18. The third-order valence-corrected chi connectivity index (χ3v) is 0. The maximum atomic E-state index is 3.22. The molecule has 0 atom stereocenters. The molecule has 10 N–H and O–H groups in total. The molecule has 8 heavy (non-hydrogen) atoms. The number of rotatable bonds is 0. The molecule has 8 heteroatoms. The Hall–Kier alpha value is 1.50. The minimum atomic E-state index is 0. The summed E-state index contributed by atoms with van der Waals surface area (Å²) in [5, 5.41) is 0. The monoisotopic (exact) mass is 180 g/mol. The van der Waals surface area contributed by atoms with Crippen LogP contribution in [0.5, 0.6) is 0 Å². The minimum absolute atomic E-state index is 0. The molecule has 0 unspecified atom stereocenters. The standard InChI is InChI=1S/Na.5H2O.H2S2.H/c;;;;;;1-2;/h;5*1H2;1-2H;/q+1;;;;;;;-1. The molecule has 5 nitrogen and oxygen atoms in total. The molecule has 0 amide bonds. The van der Waals surface area contributed by atoms with Crippen molar-refractivity contribution < 1.29 is 58.4 Å². The summed E-state index contributed by atoms with van der Waals surface area (Å²) >= 11 is 6.44. The van der Waals surface area contributed by atoms with Gasteiger partial charge in [-0.2, -0.15) is 0 Å². The van der Waals surface area contributed by atoms with E-state index in [1.165, 1.54) is 0 Å². The second-order valence-electron chi connectivity index (χ2n) is 0. The Morgan fingerprint density at radius 3 is 0.625 bits per heavy atom. The van der Waals surface area contributed by atoms with E-state index in [9.17, 15) is 0 Å². The van der Waals surface area contributed by atoms with Crippen LogP contribution >= 0.6 is 23.3 Å². The molecule has 0 fully saturated rings. The fraction of sp³-hybridized carbons (Fsp3) is 0. The Bertz CT molecular complexity index is 14.9. The van der Waals surface area contributed by atoms with Crippen molar-refractivity contribution in [2.45, 2.75) is 0 Å². The van der Waals surface area contributed by atoms with Gasteiger partial charge in [0.1, 0.15) is 0 Å². The van der Waals surface area contributed by atoms with Crippen LogP contribution in [0.2, 0.25) is 0 Å². The number of hydrogen-bond donors (Lipinski definition) is 2. The van der Waals surface area contributed by atoms with Crippen molar-refractivity contribution in [3.8, 4) is 0 Å². The van der Waals surface area contributed by atoms with Crippen LogP contribution in [0.25, 0.3) is 0 Å². The van der Waals surface area contributed by atoms with E-state index in [2.05, 4.69) is 23.3 Å². The van der Waals surface area contributed by atoms with E-state index in [0.717, 1.165) is 0 Å². The molecule has 0 saturated carbocycles. The molecule has 0 aromatic rings. The number of thiol groups is 2. The van der Waals surface area contributed by atoms with Crippen molar-refractivity contribution in [1.29, 1.82) is 0 Å². The van der Waals surface area contributed by atoms with Crippen LogP contribution in [0, 0.1) is 0 Å². The van der Waals surface area contributed by atoms with E-state index in [4.69, 9.17) is 0 Å². The Morgan fingerprint density at radius 2 is 0.625 bits per heavy atom. The summed E-state index contributed by atoms with van der Waals surface area (Å²) in [7, 11) is 0. The Balaban J connectivity index is -0.000000000238. The summed E-state index contributed by atoms with van der Waals surface area (Å²) < 4.78 is 0. The van der Waals surface area contributed by atoms with Gasteiger partial charge in [0.25, 0.3) is 0 Å². The van der Waals surface area contributed by atoms with Gasteiger partial charge >= 0.3 is 29.6 Å². The van der Waals surface area contributed by atoms with Gasteiger partial charge in [-0.25, -0.2) is 0 Å². The van der Waals surface area contributed by atoms with Crippen LogP contribution in [-0.2, 0) is 0 Å². The first kappa shape index (κ1) is 110. The summed E-state index contributed by atoms with van der Waals surface area (Å²) in [6.07, 6.45) is 0. The first-order valence-electron chi connectivity index (χ1n) is 0.200. The smallest absolute Gasteiger partial charge is 1.00 e. The number of hydrogen-bond acceptors (Lipinski definition) is 2. The summed E-state index contributed by atoms with van der Waals surface area (Å²) in [6.45, 7) is 0. The zero-order chi connectivity index (χ0) is 2.00. The Kier molecular flexibility index (Phi) is 2920. The molecular weight excluding hydrogens is 167 g/mol. The third kappa shape index (κ3) is 141. The molecule has 56 valence electrons. The van der Waals surface area contributed by atoms with E-state index in [0.29, 0.717) is 0 Å². The van der Waals surface area contributed by atoms with Gasteiger partial charge in [0.2, 0.25) is 0 Å². The molecule has 0 heterocycles. The summed E-state index contributed by atoms with van der Waals surface area (Å²) in [4.78, 5) is 0. The SMILES string of the molecule is O.O.O.O.O.SS.[H-].[Na+]. The van der Waals surface area contributed by atoms with Crippen LogP contribution in [0.1, 0.15) is 1.43 Å². The van der Waals surface area contributed by atoms with Crippen molar-refractivity contribution in [1.82, 2.24) is 0 Å². The van der Waals surface area contributed by atoms with Gasteiger partial charge in [0.05, 0.1) is 0 Å². The van der Waals surface area contributed by atoms with Gasteiger partial charge in [-0.3, -0.25) is 0 Å². The molecule has 0 spiro atoms. The van der Waals surface area contributed by atoms with Gasteiger partial charge < -0.3 is 28.8 Å². The summed E-state index contributed by atoms with van der Waals surface area (Å²) in [6, 6.07) is 0. The van der Waals surface area contributed by atoms with E-state index in [1.807, 2.05) is 0 Å². The Morgan fingerprint density at radius 1 is 0.625 bits per heavy atom. The van der Waals surface area contributed by atoms with Crippen LogP contribution in [0.3, 0.4) is 0 Å². The fourth-order valence-corrected chi connectivity index (χ4v) is 0. The first-order chi connectivity index (χ1) is 1.00. The predicted octanol–water partition coefficient (Wildman–Crippen LogP) is -6.25. The molecule has 0 saturated heterocycles. The molecule has 0 aliphatic rings. The summed E-state index contributed by atoms with van der Waals surface area (Å²) in [5.41, 5.74) is 0. The van der Waals surface area contributed by atoms with Gasteiger partial charge in [-0.1, -0.05) is 0 Å². The van der Waals surface area contributed by atoms with Gasteiger partial charge in [0.15, 0.2) is 0 Å². The molecule has 0 aliphatic heterocycles. The quantitative estimate of drug-likeness (QED) is 0.206. The summed E-state index contributed by atoms with van der Waals surface area (Å²) in [5.74, 6) is 0. The van der Waals surface area contributed by atoms with Crippen LogP contribution in [-0.4, -0.2) is 27.4 Å². The first-order valence-corrected chi connectivity index (χ1v) is 1.80. The van der Waals surface area contributed by atoms with Crippen molar-refractivity contribution >= 4 is 23.3 Å². The minimum Gasteiger partial charge on any atom is -1.00 e. The maximum absolute atomic E-state index is 3.22. The predicted molar refractivity (Wildman–Crippen MR) is 37.2 cm³/mol. The molecule has 0 rings (SSSR count). The molecule has 0 aromatic heterocycles. The second kappa shape index (κ2) is 212. The van der Waals surface area contributed by atoms with Gasteiger partial charge in [-0.15, -0.1) is 23.3 Å². The Labute approximate surface area is 81.4 Å². The molecule has 0 bridgehead atoms. The van der Waals surface area contributed by atoms with Gasteiger partial charge in [0, 0.05) is 0 Å². The second-order valence-corrected chi connectivity index (χ2v) is 0. The molecular formula is H13NaO5S2. The average molecular weight is 180 g/mol. The molecule has 0 aliphatic carbocycles. The normalized spacial score (nSPS) is 0.750. The van der Waals surface area contributed by atoms with Gasteiger partial charge in [-0.05, 0) is 0 Å². The largest absolute Gasteiger partial charge is 1.00 e. The van der Waals surface area contributed by atoms with E-state index >= 15 is 0 Å². The van der Waals surface area contributed by atoms with E-state index in [-0.39, 0.29) is 58.4 Å². The third-order valence-electron chi connectivity index (χ3n) is 0. The van der Waals surface area contributed by atoms with Crippen LogP contribution < -0.4 is 29.6 Å². The average Bonchev–Trinajstić information content (AvgIpc) is 1.00. The van der Waals surface area contributed by atoms with E-state index in [1.54, 1.807) is 0 Å². The maximum Gasteiger partial charge on any atom is 1.00 e. The fourth-order valence-electron chi connectivity index (χ4n) is 0. The molecule has 0 radical (unpaired) electrons. The molecule has 0 aromatic carbocycles. The van der Waals surface area contributed by atoms with Crippen molar-refractivity contribution in [2.75, 3.05) is 0 Å². The van der Waals surface area contributed by atoms with Crippen molar-refractivity contribution in [3.63, 3.8) is 0 Å². The van der Waals surface area contributed by atoms with Crippen molar-refractivity contribution in [3.05, 3.63) is 0 Å². The van der Waals surface area contributed by atoms with Crippen LogP contribution in [0.15, 0.2) is 0 Å². The zero-order valence-electron chi connectivity index (χ0n) is 5.39. The van der Waals surface area contributed by atoms with E-state index < -0.39 is 0 Å². The van der Waals surface area contributed by atoms with Crippen molar-refractivity contribution in [2.24, 2.45) is 0 Å². The topological polar surface area (TPSA) is 158 Å².